The van der Waals surface area contributed by atoms with E-state index in [9.17, 15) is 23.2 Å². The molecule has 0 fully saturated rings. The van der Waals surface area contributed by atoms with Crippen molar-refractivity contribution in [2.45, 2.75) is 6.43 Å². The van der Waals surface area contributed by atoms with Crippen LogP contribution in [0.5, 0.6) is 0 Å². The number of carbonyl (C=O) groups excluding carboxylic acids is 3. The number of aryl methyl sites for hydroxylation is 1. The largest absolute Gasteiger partial charge is 0.468 e. The van der Waals surface area contributed by atoms with E-state index in [2.05, 4.69) is 14.8 Å². The molecule has 0 aliphatic rings. The third-order valence-electron chi connectivity index (χ3n) is 3.31. The molecule has 12 heteroatoms. The van der Waals surface area contributed by atoms with Gasteiger partial charge in [-0.25, -0.2) is 13.8 Å². The van der Waals surface area contributed by atoms with Crippen LogP contribution in [0.25, 0.3) is 0 Å². The van der Waals surface area contributed by atoms with Crippen LogP contribution in [-0.2, 0) is 16.6 Å². The van der Waals surface area contributed by atoms with Crippen molar-refractivity contribution in [3.8, 4) is 0 Å². The van der Waals surface area contributed by atoms with E-state index in [1.54, 1.807) is 0 Å². The Kier molecular flexibility index (Phi) is 6.45. The van der Waals surface area contributed by atoms with Gasteiger partial charge in [0, 0.05) is 19.4 Å². The topological polar surface area (TPSA) is 94.4 Å². The highest BCUT2D eigenvalue weighted by atomic mass is 35.5. The monoisotopic (exact) mass is 420 g/mol. The lowest BCUT2D eigenvalue weighted by molar-refractivity contribution is -0.140. The van der Waals surface area contributed by atoms with Gasteiger partial charge in [-0.15, -0.1) is 0 Å². The van der Waals surface area contributed by atoms with Gasteiger partial charge in [0.05, 0.1) is 22.7 Å². The Balaban J connectivity index is 2.49. The lowest BCUT2D eigenvalue weighted by Crippen LogP contribution is -2.41. The summed E-state index contributed by atoms with van der Waals surface area (Å²) in [6.45, 7) is -0.841. The van der Waals surface area contributed by atoms with Crippen LogP contribution in [0.1, 0.15) is 33.0 Å². The van der Waals surface area contributed by atoms with Gasteiger partial charge >= 0.3 is 5.97 Å². The molecule has 0 saturated heterocycles. The van der Waals surface area contributed by atoms with E-state index >= 15 is 0 Å². The Morgan fingerprint density at radius 1 is 1.30 bits per heavy atom. The van der Waals surface area contributed by atoms with Crippen LogP contribution in [0.15, 0.2) is 18.5 Å². The lowest BCUT2D eigenvalue weighted by Gasteiger charge is -2.19. The molecule has 0 N–H and O–H groups in total. The highest BCUT2D eigenvalue weighted by molar-refractivity contribution is 6.36. The molecule has 27 heavy (non-hydrogen) atoms. The van der Waals surface area contributed by atoms with Crippen molar-refractivity contribution >= 4 is 41.0 Å². The van der Waals surface area contributed by atoms with Crippen LogP contribution in [0, 0.1) is 0 Å². The highest BCUT2D eigenvalue weighted by Crippen LogP contribution is 2.24. The van der Waals surface area contributed by atoms with Gasteiger partial charge in [0.15, 0.2) is 0 Å². The molecule has 0 aliphatic carbocycles. The minimum Gasteiger partial charge on any atom is -0.468 e. The van der Waals surface area contributed by atoms with Crippen LogP contribution in [0.4, 0.5) is 8.78 Å². The zero-order chi connectivity index (χ0) is 20.3. The average Bonchev–Trinajstić information content (AvgIpc) is 3.00. The maximum Gasteiger partial charge on any atom is 0.325 e. The number of hydrogen-bond acceptors (Lipinski definition) is 6. The number of imide groups is 1. The molecule has 0 bridgehead atoms. The molecule has 0 atom stereocenters. The van der Waals surface area contributed by atoms with Crippen molar-refractivity contribution in [1.82, 2.24) is 19.7 Å². The molecule has 144 valence electrons. The van der Waals surface area contributed by atoms with Gasteiger partial charge in [0.1, 0.15) is 17.9 Å². The predicted molar refractivity (Wildman–Crippen MR) is 89.8 cm³/mol. The van der Waals surface area contributed by atoms with Crippen LogP contribution in [-0.4, -0.2) is 51.1 Å². The fourth-order valence-electron chi connectivity index (χ4n) is 2.11. The zero-order valence-corrected chi connectivity index (χ0v) is 15.5. The van der Waals surface area contributed by atoms with Gasteiger partial charge in [-0.2, -0.15) is 5.10 Å². The number of pyridine rings is 1. The Morgan fingerprint density at radius 3 is 2.52 bits per heavy atom. The summed E-state index contributed by atoms with van der Waals surface area (Å²) in [5.74, 6) is -3.22. The zero-order valence-electron chi connectivity index (χ0n) is 14.0. The van der Waals surface area contributed by atoms with E-state index < -0.39 is 42.0 Å². The Labute approximate surface area is 161 Å². The molecule has 2 aromatic heterocycles. The Bertz CT molecular complexity index is 904. The minimum atomic E-state index is -3.07. The van der Waals surface area contributed by atoms with Crippen LogP contribution in [0.2, 0.25) is 10.0 Å². The number of alkyl halides is 2. The number of halogens is 4. The number of rotatable bonds is 5. The van der Waals surface area contributed by atoms with Crippen LogP contribution in [0.3, 0.4) is 0 Å². The fourth-order valence-corrected chi connectivity index (χ4v) is 2.57. The second kappa shape index (κ2) is 8.40. The van der Waals surface area contributed by atoms with Crippen LogP contribution < -0.4 is 0 Å². The quantitative estimate of drug-likeness (QED) is 0.544. The number of nitrogens with zero attached hydrogens (tertiary/aromatic N) is 4. The maximum absolute atomic E-state index is 13.2. The van der Waals surface area contributed by atoms with Crippen molar-refractivity contribution in [1.29, 1.82) is 0 Å². The van der Waals surface area contributed by atoms with Gasteiger partial charge in [0.25, 0.3) is 18.2 Å². The van der Waals surface area contributed by atoms with E-state index in [0.29, 0.717) is 4.90 Å². The summed E-state index contributed by atoms with van der Waals surface area (Å²) in [5, 5.41) is 3.46. The standard InChI is InChI=1S/C15H12Cl2F2N4O4/c1-22-5-8(11(21-22)13(18)19)14(25)23(6-10(24)27-2)15(26)12-9(17)3-7(16)4-20-12/h3-5,13H,6H2,1-2H3. The van der Waals surface area contributed by atoms with Crippen LogP contribution >= 0.6 is 23.2 Å². The SMILES string of the molecule is COC(=O)CN(C(=O)c1cn(C)nc1C(F)F)C(=O)c1ncc(Cl)cc1Cl. The molecule has 2 amide bonds. The van der Waals surface area contributed by atoms with Gasteiger partial charge in [-0.1, -0.05) is 23.2 Å². The predicted octanol–water partition coefficient (Wildman–Crippen LogP) is 2.52. The molecule has 2 heterocycles. The molecule has 0 radical (unpaired) electrons. The minimum absolute atomic E-state index is 0.134. The number of ether oxygens (including phenoxy) is 1. The lowest BCUT2D eigenvalue weighted by atomic mass is 10.2. The summed E-state index contributed by atoms with van der Waals surface area (Å²) in [5.41, 5.74) is -1.77. The summed E-state index contributed by atoms with van der Waals surface area (Å²) in [7, 11) is 2.37. The molecule has 2 aromatic rings. The maximum atomic E-state index is 13.2. The third-order valence-corrected chi connectivity index (χ3v) is 3.80. The second-order valence-corrected chi connectivity index (χ2v) is 6.00. The Hall–Kier alpha value is -2.59. The normalized spacial score (nSPS) is 10.8. The van der Waals surface area contributed by atoms with E-state index in [-0.39, 0.29) is 15.7 Å². The summed E-state index contributed by atoms with van der Waals surface area (Å²) in [6, 6.07) is 1.21. The first-order valence-electron chi connectivity index (χ1n) is 7.21. The van der Waals surface area contributed by atoms with E-state index in [0.717, 1.165) is 24.2 Å². The third kappa shape index (κ3) is 4.58. The molecular formula is C15H12Cl2F2N4O4. The van der Waals surface area contributed by atoms with Gasteiger partial charge in [-0.3, -0.25) is 24.0 Å². The van der Waals surface area contributed by atoms with Gasteiger partial charge < -0.3 is 4.74 Å². The first-order valence-corrected chi connectivity index (χ1v) is 7.97. The number of hydrogen-bond donors (Lipinski definition) is 0. The number of esters is 1. The second-order valence-electron chi connectivity index (χ2n) is 5.16. The van der Waals surface area contributed by atoms with Crippen molar-refractivity contribution < 1.29 is 27.9 Å². The Morgan fingerprint density at radius 2 is 1.96 bits per heavy atom. The van der Waals surface area contributed by atoms with E-state index in [4.69, 9.17) is 23.2 Å². The average molecular weight is 421 g/mol. The van der Waals surface area contributed by atoms with Gasteiger partial charge in [0.2, 0.25) is 0 Å². The van der Waals surface area contributed by atoms with Gasteiger partial charge in [-0.05, 0) is 6.07 Å². The summed E-state index contributed by atoms with van der Waals surface area (Å²) in [6.07, 6.45) is -0.952. The van der Waals surface area contributed by atoms with Crippen molar-refractivity contribution in [2.24, 2.45) is 7.05 Å². The molecule has 0 unspecified atom stereocenters. The number of aromatic nitrogens is 3. The fraction of sp³-hybridized carbons (Fsp3) is 0.267. The number of amides is 2. The smallest absolute Gasteiger partial charge is 0.325 e. The summed E-state index contributed by atoms with van der Waals surface area (Å²) >= 11 is 11.6. The van der Waals surface area contributed by atoms with Crippen molar-refractivity contribution in [2.75, 3.05) is 13.7 Å². The van der Waals surface area contributed by atoms with Crippen molar-refractivity contribution in [3.05, 3.63) is 45.5 Å². The molecule has 0 spiro atoms. The number of methoxy groups -OCH3 is 1. The highest BCUT2D eigenvalue weighted by Gasteiger charge is 2.33. The molecule has 8 nitrogen and oxygen atoms in total. The molecule has 0 saturated carbocycles. The molecular weight excluding hydrogens is 409 g/mol. The first-order chi connectivity index (χ1) is 12.6. The summed E-state index contributed by atoms with van der Waals surface area (Å²) < 4.78 is 31.8. The molecule has 2 rings (SSSR count). The first kappa shape index (κ1) is 20.7. The molecule has 0 aliphatic heterocycles. The molecule has 0 aromatic carbocycles. The number of carbonyl (C=O) groups is 3. The van der Waals surface area contributed by atoms with Crippen molar-refractivity contribution in [3.63, 3.8) is 0 Å². The van der Waals surface area contributed by atoms with E-state index in [1.165, 1.54) is 13.1 Å². The van der Waals surface area contributed by atoms with E-state index in [1.807, 2.05) is 0 Å². The summed E-state index contributed by atoms with van der Waals surface area (Å²) in [4.78, 5) is 41.3.